The highest BCUT2D eigenvalue weighted by Crippen LogP contribution is 2.13. The van der Waals surface area contributed by atoms with Gasteiger partial charge in [-0.05, 0) is 24.1 Å². The van der Waals surface area contributed by atoms with Gasteiger partial charge in [0, 0.05) is 19.0 Å². The molecule has 0 saturated carbocycles. The number of imide groups is 1. The van der Waals surface area contributed by atoms with Crippen molar-refractivity contribution in [1.29, 1.82) is 0 Å². The van der Waals surface area contributed by atoms with E-state index in [9.17, 15) is 9.59 Å². The van der Waals surface area contributed by atoms with E-state index < -0.39 is 0 Å². The fraction of sp³-hybridized carbons (Fsp3) is 0.286. The van der Waals surface area contributed by atoms with E-state index in [4.69, 9.17) is 4.74 Å². The number of aryl methyl sites for hydroxylation is 1. The predicted octanol–water partition coefficient (Wildman–Crippen LogP) is 1.55. The number of amides is 2. The molecular weight excluding hydrogens is 230 g/mol. The van der Waals surface area contributed by atoms with E-state index in [0.717, 1.165) is 11.3 Å². The second-order valence-electron chi connectivity index (χ2n) is 4.09. The first-order chi connectivity index (χ1) is 8.70. The second-order valence-corrected chi connectivity index (χ2v) is 4.09. The summed E-state index contributed by atoms with van der Waals surface area (Å²) >= 11 is 0. The van der Waals surface area contributed by atoms with Gasteiger partial charge in [0.1, 0.15) is 5.75 Å². The standard InChI is InChI=1S/C14H15NO3/c1-18-12-7-4-11(5-8-12)6-9-14(17)15-10-2-3-13(15)16/h2-5,7-8H,6,9-10H2,1H3. The minimum atomic E-state index is -0.213. The van der Waals surface area contributed by atoms with E-state index in [1.807, 2.05) is 24.3 Å². The molecule has 1 heterocycles. The van der Waals surface area contributed by atoms with E-state index in [2.05, 4.69) is 0 Å². The molecule has 1 aliphatic rings. The second kappa shape index (κ2) is 5.49. The molecule has 94 valence electrons. The monoisotopic (exact) mass is 245 g/mol. The van der Waals surface area contributed by atoms with Gasteiger partial charge in [-0.2, -0.15) is 0 Å². The van der Waals surface area contributed by atoms with Crippen LogP contribution in [0.1, 0.15) is 12.0 Å². The summed E-state index contributed by atoms with van der Waals surface area (Å²) in [6.07, 6.45) is 4.12. The van der Waals surface area contributed by atoms with Crippen molar-refractivity contribution in [1.82, 2.24) is 4.90 Å². The number of carbonyl (C=O) groups excluding carboxylic acids is 2. The van der Waals surface area contributed by atoms with Gasteiger partial charge in [0.15, 0.2) is 0 Å². The molecule has 0 fully saturated rings. The molecular formula is C14H15NO3. The van der Waals surface area contributed by atoms with Gasteiger partial charge in [-0.25, -0.2) is 0 Å². The highest BCUT2D eigenvalue weighted by atomic mass is 16.5. The van der Waals surface area contributed by atoms with Crippen LogP contribution in [0, 0.1) is 0 Å². The van der Waals surface area contributed by atoms with Crippen LogP contribution in [0.25, 0.3) is 0 Å². The fourth-order valence-electron chi connectivity index (χ4n) is 1.84. The first-order valence-electron chi connectivity index (χ1n) is 5.84. The Balaban J connectivity index is 1.87. The number of rotatable bonds is 4. The van der Waals surface area contributed by atoms with Gasteiger partial charge in [-0.15, -0.1) is 0 Å². The van der Waals surface area contributed by atoms with Gasteiger partial charge < -0.3 is 4.74 Å². The first-order valence-corrected chi connectivity index (χ1v) is 5.84. The molecule has 1 aromatic rings. The Morgan fingerprint density at radius 1 is 1.33 bits per heavy atom. The summed E-state index contributed by atoms with van der Waals surface area (Å²) in [5, 5.41) is 0. The molecule has 0 N–H and O–H groups in total. The van der Waals surface area contributed by atoms with Gasteiger partial charge in [0.2, 0.25) is 5.91 Å². The number of hydrogen-bond donors (Lipinski definition) is 0. The largest absolute Gasteiger partial charge is 0.497 e. The molecule has 0 atom stereocenters. The van der Waals surface area contributed by atoms with Crippen LogP contribution in [-0.4, -0.2) is 30.4 Å². The third-order valence-electron chi connectivity index (χ3n) is 2.90. The third-order valence-corrected chi connectivity index (χ3v) is 2.90. The van der Waals surface area contributed by atoms with E-state index in [0.29, 0.717) is 19.4 Å². The van der Waals surface area contributed by atoms with Crippen molar-refractivity contribution in [2.75, 3.05) is 13.7 Å². The zero-order chi connectivity index (χ0) is 13.0. The summed E-state index contributed by atoms with van der Waals surface area (Å²) in [5.74, 6) is 0.458. The molecule has 0 saturated heterocycles. The van der Waals surface area contributed by atoms with E-state index in [1.54, 1.807) is 13.2 Å². The number of benzene rings is 1. The lowest BCUT2D eigenvalue weighted by Gasteiger charge is -2.13. The summed E-state index contributed by atoms with van der Waals surface area (Å²) in [6, 6.07) is 7.58. The Hall–Kier alpha value is -2.10. The molecule has 0 radical (unpaired) electrons. The van der Waals surface area contributed by atoms with Crippen LogP contribution >= 0.6 is 0 Å². The Bertz CT molecular complexity index is 476. The Morgan fingerprint density at radius 3 is 2.61 bits per heavy atom. The van der Waals surface area contributed by atoms with Crippen molar-refractivity contribution in [3.63, 3.8) is 0 Å². The van der Waals surface area contributed by atoms with Crippen LogP contribution < -0.4 is 4.74 Å². The molecule has 2 amide bonds. The fourth-order valence-corrected chi connectivity index (χ4v) is 1.84. The molecule has 1 aromatic carbocycles. The average Bonchev–Trinajstić information content (AvgIpc) is 2.83. The summed E-state index contributed by atoms with van der Waals surface area (Å²) < 4.78 is 5.06. The SMILES string of the molecule is COc1ccc(CCC(=O)N2CC=CC2=O)cc1. The molecule has 0 aromatic heterocycles. The van der Waals surface area contributed by atoms with Crippen LogP contribution in [0.2, 0.25) is 0 Å². The van der Waals surface area contributed by atoms with Gasteiger partial charge >= 0.3 is 0 Å². The molecule has 2 rings (SSSR count). The molecule has 4 nitrogen and oxygen atoms in total. The maximum Gasteiger partial charge on any atom is 0.253 e. The maximum absolute atomic E-state index is 11.8. The topological polar surface area (TPSA) is 46.6 Å². The van der Waals surface area contributed by atoms with Crippen molar-refractivity contribution in [2.24, 2.45) is 0 Å². The summed E-state index contributed by atoms with van der Waals surface area (Å²) in [6.45, 7) is 0.403. The number of hydrogen-bond acceptors (Lipinski definition) is 3. The summed E-state index contributed by atoms with van der Waals surface area (Å²) in [5.41, 5.74) is 1.06. The maximum atomic E-state index is 11.8. The quantitative estimate of drug-likeness (QED) is 0.808. The lowest BCUT2D eigenvalue weighted by Crippen LogP contribution is -2.32. The smallest absolute Gasteiger partial charge is 0.253 e. The van der Waals surface area contributed by atoms with Crippen LogP contribution in [0.4, 0.5) is 0 Å². The minimum Gasteiger partial charge on any atom is -0.497 e. The average molecular weight is 245 g/mol. The van der Waals surface area contributed by atoms with Crippen LogP contribution in [0.3, 0.4) is 0 Å². The summed E-state index contributed by atoms with van der Waals surface area (Å²) in [4.78, 5) is 24.4. The van der Waals surface area contributed by atoms with Crippen molar-refractivity contribution in [3.05, 3.63) is 42.0 Å². The minimum absolute atomic E-state index is 0.124. The molecule has 0 unspecified atom stereocenters. The zero-order valence-corrected chi connectivity index (χ0v) is 10.3. The molecule has 0 bridgehead atoms. The predicted molar refractivity (Wildman–Crippen MR) is 67.2 cm³/mol. The zero-order valence-electron chi connectivity index (χ0n) is 10.3. The Morgan fingerprint density at radius 2 is 2.06 bits per heavy atom. The van der Waals surface area contributed by atoms with Gasteiger partial charge in [-0.3, -0.25) is 14.5 Å². The Labute approximate surface area is 106 Å². The lowest BCUT2D eigenvalue weighted by atomic mass is 10.1. The summed E-state index contributed by atoms with van der Waals surface area (Å²) in [7, 11) is 1.62. The van der Waals surface area contributed by atoms with Gasteiger partial charge in [0.05, 0.1) is 7.11 Å². The highest BCUT2D eigenvalue weighted by molar-refractivity contribution is 6.02. The van der Waals surface area contributed by atoms with Gasteiger partial charge in [0.25, 0.3) is 5.91 Å². The number of methoxy groups -OCH3 is 1. The first kappa shape index (κ1) is 12.4. The molecule has 1 aliphatic heterocycles. The number of ether oxygens (including phenoxy) is 1. The van der Waals surface area contributed by atoms with Crippen LogP contribution in [0.15, 0.2) is 36.4 Å². The highest BCUT2D eigenvalue weighted by Gasteiger charge is 2.21. The lowest BCUT2D eigenvalue weighted by molar-refractivity contribution is -0.140. The van der Waals surface area contributed by atoms with Crippen molar-refractivity contribution in [2.45, 2.75) is 12.8 Å². The third kappa shape index (κ3) is 2.77. The normalized spacial score (nSPS) is 14.1. The van der Waals surface area contributed by atoms with E-state index in [1.165, 1.54) is 11.0 Å². The number of carbonyl (C=O) groups is 2. The molecule has 0 spiro atoms. The van der Waals surface area contributed by atoms with E-state index in [-0.39, 0.29) is 11.8 Å². The van der Waals surface area contributed by atoms with E-state index >= 15 is 0 Å². The molecule has 4 heteroatoms. The Kier molecular flexibility index (Phi) is 3.77. The molecule has 18 heavy (non-hydrogen) atoms. The van der Waals surface area contributed by atoms with Crippen molar-refractivity contribution < 1.29 is 14.3 Å². The van der Waals surface area contributed by atoms with Crippen molar-refractivity contribution >= 4 is 11.8 Å². The number of nitrogens with zero attached hydrogens (tertiary/aromatic N) is 1. The van der Waals surface area contributed by atoms with Crippen molar-refractivity contribution in [3.8, 4) is 5.75 Å². The van der Waals surface area contributed by atoms with Gasteiger partial charge in [-0.1, -0.05) is 18.2 Å². The molecule has 0 aliphatic carbocycles. The van der Waals surface area contributed by atoms with Crippen LogP contribution in [0.5, 0.6) is 5.75 Å². The van der Waals surface area contributed by atoms with Crippen LogP contribution in [-0.2, 0) is 16.0 Å².